The summed E-state index contributed by atoms with van der Waals surface area (Å²) < 4.78 is 27.4. The van der Waals surface area contributed by atoms with Gasteiger partial charge in [-0.25, -0.2) is 8.42 Å². The molecule has 0 spiro atoms. The van der Waals surface area contributed by atoms with Crippen molar-refractivity contribution in [2.45, 2.75) is 31.3 Å². The Morgan fingerprint density at radius 3 is 2.45 bits per heavy atom. The molecule has 0 radical (unpaired) electrons. The summed E-state index contributed by atoms with van der Waals surface area (Å²) in [5.74, 6) is 0. The van der Waals surface area contributed by atoms with Crippen LogP contribution in [0.2, 0.25) is 0 Å². The van der Waals surface area contributed by atoms with E-state index >= 15 is 0 Å². The summed E-state index contributed by atoms with van der Waals surface area (Å²) in [5, 5.41) is 10.2. The average Bonchev–Trinajstić information content (AvgIpc) is 2.49. The molecule has 4 nitrogen and oxygen atoms in total. The first-order chi connectivity index (χ1) is 10.4. The van der Waals surface area contributed by atoms with Crippen LogP contribution in [0.15, 0.2) is 47.4 Å². The molecule has 1 aliphatic heterocycles. The number of sulfonamides is 1. The van der Waals surface area contributed by atoms with Crippen molar-refractivity contribution in [3.63, 3.8) is 0 Å². The quantitative estimate of drug-likeness (QED) is 0.926. The first kappa shape index (κ1) is 15.1. The van der Waals surface area contributed by atoms with E-state index < -0.39 is 16.1 Å². The van der Waals surface area contributed by atoms with Gasteiger partial charge in [0.2, 0.25) is 0 Å². The number of rotatable bonds is 2. The molecule has 1 heterocycles. The number of aliphatic hydroxyl groups excluding tert-OH is 1. The molecule has 1 unspecified atom stereocenters. The molecular weight excluding hydrogens is 298 g/mol. The molecular formula is C17H19NO3S. The van der Waals surface area contributed by atoms with Gasteiger partial charge in [-0.05, 0) is 38.0 Å². The lowest BCUT2D eigenvalue weighted by Gasteiger charge is -2.34. The lowest BCUT2D eigenvalue weighted by Crippen LogP contribution is -2.37. The van der Waals surface area contributed by atoms with Crippen LogP contribution in [0.1, 0.15) is 29.2 Å². The van der Waals surface area contributed by atoms with Crippen LogP contribution in [0, 0.1) is 13.8 Å². The van der Waals surface area contributed by atoms with Gasteiger partial charge in [0.25, 0.3) is 10.0 Å². The smallest absolute Gasteiger partial charge is 0.264 e. The maximum Gasteiger partial charge on any atom is 0.264 e. The topological polar surface area (TPSA) is 57.6 Å². The summed E-state index contributed by atoms with van der Waals surface area (Å²) in [6.07, 6.45) is -0.207. The fraction of sp³-hybridized carbons (Fsp3) is 0.294. The third-order valence-electron chi connectivity index (χ3n) is 4.09. The highest BCUT2D eigenvalue weighted by Crippen LogP contribution is 2.39. The van der Waals surface area contributed by atoms with Gasteiger partial charge in [0, 0.05) is 12.1 Å². The van der Waals surface area contributed by atoms with Gasteiger partial charge in [-0.15, -0.1) is 0 Å². The van der Waals surface area contributed by atoms with Crippen molar-refractivity contribution < 1.29 is 13.5 Å². The largest absolute Gasteiger partial charge is 0.388 e. The van der Waals surface area contributed by atoms with Gasteiger partial charge in [-0.1, -0.05) is 35.9 Å². The molecule has 22 heavy (non-hydrogen) atoms. The highest BCUT2D eigenvalue weighted by Gasteiger charge is 2.33. The van der Waals surface area contributed by atoms with Crippen LogP contribution in [-0.4, -0.2) is 20.1 Å². The van der Waals surface area contributed by atoms with Crippen molar-refractivity contribution in [1.82, 2.24) is 0 Å². The number of benzene rings is 2. The predicted octanol–water partition coefficient (Wildman–Crippen LogP) is 2.94. The summed E-state index contributed by atoms with van der Waals surface area (Å²) >= 11 is 0. The SMILES string of the molecule is Cc1ccc(S(=O)(=O)N2CCC(O)c3cccc(C)c32)cc1. The van der Waals surface area contributed by atoms with E-state index in [9.17, 15) is 13.5 Å². The molecule has 1 aliphatic rings. The molecule has 0 bridgehead atoms. The van der Waals surface area contributed by atoms with Gasteiger partial charge >= 0.3 is 0 Å². The highest BCUT2D eigenvalue weighted by molar-refractivity contribution is 7.92. The summed E-state index contributed by atoms with van der Waals surface area (Å²) in [7, 11) is -3.62. The van der Waals surface area contributed by atoms with E-state index in [0.29, 0.717) is 17.7 Å². The van der Waals surface area contributed by atoms with E-state index in [1.165, 1.54) is 4.31 Å². The molecule has 0 saturated carbocycles. The van der Waals surface area contributed by atoms with Gasteiger partial charge in [0.15, 0.2) is 0 Å². The van der Waals surface area contributed by atoms with Crippen LogP contribution in [-0.2, 0) is 10.0 Å². The highest BCUT2D eigenvalue weighted by atomic mass is 32.2. The Bertz CT molecular complexity index is 797. The van der Waals surface area contributed by atoms with Crippen LogP contribution in [0.25, 0.3) is 0 Å². The molecule has 0 amide bonds. The van der Waals surface area contributed by atoms with E-state index in [1.54, 1.807) is 30.3 Å². The van der Waals surface area contributed by atoms with Crippen LogP contribution in [0.5, 0.6) is 0 Å². The molecule has 1 atom stereocenters. The van der Waals surface area contributed by atoms with Gasteiger partial charge in [0.1, 0.15) is 0 Å². The summed E-state index contributed by atoms with van der Waals surface area (Å²) in [6.45, 7) is 4.08. The molecule has 1 N–H and O–H groups in total. The number of aryl methyl sites for hydroxylation is 2. The first-order valence-electron chi connectivity index (χ1n) is 7.28. The van der Waals surface area contributed by atoms with E-state index in [-0.39, 0.29) is 11.4 Å². The summed E-state index contributed by atoms with van der Waals surface area (Å²) in [5.41, 5.74) is 3.17. The zero-order valence-electron chi connectivity index (χ0n) is 12.7. The number of para-hydroxylation sites is 1. The number of nitrogens with zero attached hydrogens (tertiary/aromatic N) is 1. The number of fused-ring (bicyclic) bond motifs is 1. The van der Waals surface area contributed by atoms with Gasteiger partial charge in [-0.3, -0.25) is 4.31 Å². The Hall–Kier alpha value is -1.85. The second kappa shape index (κ2) is 5.41. The van der Waals surface area contributed by atoms with Gasteiger partial charge < -0.3 is 5.11 Å². The lowest BCUT2D eigenvalue weighted by atomic mass is 9.98. The average molecular weight is 317 g/mol. The number of hydrogen-bond acceptors (Lipinski definition) is 3. The second-order valence-electron chi connectivity index (χ2n) is 5.71. The third kappa shape index (κ3) is 2.40. The maximum atomic E-state index is 13.0. The lowest BCUT2D eigenvalue weighted by molar-refractivity contribution is 0.166. The number of aliphatic hydroxyl groups is 1. The van der Waals surface area contributed by atoms with E-state index in [1.807, 2.05) is 26.0 Å². The Morgan fingerprint density at radius 2 is 1.77 bits per heavy atom. The monoisotopic (exact) mass is 317 g/mol. The van der Waals surface area contributed by atoms with Crippen molar-refractivity contribution in [3.05, 3.63) is 59.2 Å². The second-order valence-corrected chi connectivity index (χ2v) is 7.57. The maximum absolute atomic E-state index is 13.0. The van der Waals surface area contributed by atoms with E-state index in [2.05, 4.69) is 0 Å². The molecule has 0 fully saturated rings. The molecule has 0 saturated heterocycles. The fourth-order valence-electron chi connectivity index (χ4n) is 2.88. The molecule has 116 valence electrons. The van der Waals surface area contributed by atoms with Crippen molar-refractivity contribution in [1.29, 1.82) is 0 Å². The molecule has 0 aliphatic carbocycles. The normalized spacial score (nSPS) is 18.1. The Morgan fingerprint density at radius 1 is 1.09 bits per heavy atom. The molecule has 0 aromatic heterocycles. The first-order valence-corrected chi connectivity index (χ1v) is 8.72. The molecule has 2 aromatic rings. The van der Waals surface area contributed by atoms with Crippen molar-refractivity contribution in [3.8, 4) is 0 Å². The number of hydrogen-bond donors (Lipinski definition) is 1. The van der Waals surface area contributed by atoms with Crippen LogP contribution >= 0.6 is 0 Å². The molecule has 2 aromatic carbocycles. The van der Waals surface area contributed by atoms with Crippen molar-refractivity contribution in [2.75, 3.05) is 10.8 Å². The van der Waals surface area contributed by atoms with Crippen molar-refractivity contribution >= 4 is 15.7 Å². The minimum atomic E-state index is -3.62. The van der Waals surface area contributed by atoms with Crippen LogP contribution < -0.4 is 4.31 Å². The number of anilines is 1. The zero-order valence-corrected chi connectivity index (χ0v) is 13.5. The summed E-state index contributed by atoms with van der Waals surface area (Å²) in [4.78, 5) is 0.281. The Balaban J connectivity index is 2.14. The van der Waals surface area contributed by atoms with E-state index in [0.717, 1.165) is 11.1 Å². The minimum Gasteiger partial charge on any atom is -0.388 e. The minimum absolute atomic E-state index is 0.281. The Labute approximate surface area is 131 Å². The Kier molecular flexibility index (Phi) is 3.70. The van der Waals surface area contributed by atoms with Crippen molar-refractivity contribution in [2.24, 2.45) is 0 Å². The van der Waals surface area contributed by atoms with Gasteiger partial charge in [0.05, 0.1) is 16.7 Å². The van der Waals surface area contributed by atoms with E-state index in [4.69, 9.17) is 0 Å². The van der Waals surface area contributed by atoms with Gasteiger partial charge in [-0.2, -0.15) is 0 Å². The predicted molar refractivity (Wildman–Crippen MR) is 86.5 cm³/mol. The fourth-order valence-corrected chi connectivity index (χ4v) is 4.45. The summed E-state index contributed by atoms with van der Waals surface area (Å²) in [6, 6.07) is 12.4. The van der Waals surface area contributed by atoms with Crippen LogP contribution in [0.4, 0.5) is 5.69 Å². The standard InChI is InChI=1S/C17H19NO3S/c1-12-6-8-14(9-7-12)22(20,21)18-11-10-16(19)15-5-3-4-13(2)17(15)18/h3-9,16,19H,10-11H2,1-2H3. The molecule has 5 heteroatoms. The molecule has 3 rings (SSSR count). The third-order valence-corrected chi connectivity index (χ3v) is 5.91. The van der Waals surface area contributed by atoms with Crippen LogP contribution in [0.3, 0.4) is 0 Å². The zero-order chi connectivity index (χ0) is 15.9.